The molecule has 9 heteroatoms. The van der Waals surface area contributed by atoms with Crippen molar-refractivity contribution in [3.63, 3.8) is 0 Å². The summed E-state index contributed by atoms with van der Waals surface area (Å²) >= 11 is 0. The molecule has 0 aliphatic rings. The molecule has 0 bridgehead atoms. The van der Waals surface area contributed by atoms with Crippen molar-refractivity contribution in [1.82, 2.24) is 24.4 Å². The molecule has 0 fully saturated rings. The molecule has 1 amide bonds. The van der Waals surface area contributed by atoms with E-state index in [2.05, 4.69) is 15.5 Å². The molecule has 0 saturated heterocycles. The number of fused-ring (bicyclic) bond motifs is 3. The van der Waals surface area contributed by atoms with E-state index in [0.29, 0.717) is 17.8 Å². The number of ether oxygens (including phenoxy) is 1. The molecule has 0 radical (unpaired) electrons. The Labute approximate surface area is 214 Å². The number of anilines is 1. The van der Waals surface area contributed by atoms with Crippen LogP contribution in [0.3, 0.4) is 0 Å². The Hall–Kier alpha value is -4.53. The van der Waals surface area contributed by atoms with E-state index in [-0.39, 0.29) is 13.0 Å². The third kappa shape index (κ3) is 4.67. The van der Waals surface area contributed by atoms with Gasteiger partial charge in [-0.3, -0.25) is 9.59 Å². The lowest BCUT2D eigenvalue weighted by atomic mass is 10.1. The van der Waals surface area contributed by atoms with Crippen molar-refractivity contribution in [2.24, 2.45) is 0 Å². The number of nitrogens with one attached hydrogen (secondary N) is 1. The molecular weight excluding hydrogens is 468 g/mol. The number of nitrogens with zero attached hydrogens (tertiary/aromatic N) is 5. The first-order chi connectivity index (χ1) is 17.8. The maximum absolute atomic E-state index is 12.5. The number of para-hydroxylation sites is 1. The molecule has 0 aliphatic carbocycles. The summed E-state index contributed by atoms with van der Waals surface area (Å²) < 4.78 is 8.86. The zero-order valence-electron chi connectivity index (χ0n) is 21.3. The van der Waals surface area contributed by atoms with Crippen molar-refractivity contribution in [2.45, 2.75) is 40.5 Å². The highest BCUT2D eigenvalue weighted by atomic mass is 16.5. The number of aryl methyl sites for hydroxylation is 3. The Morgan fingerprint density at radius 3 is 2.41 bits per heavy atom. The number of hydrogen-bond acceptors (Lipinski definition) is 6. The van der Waals surface area contributed by atoms with E-state index in [1.54, 1.807) is 4.68 Å². The number of benzene rings is 2. The topological polar surface area (TPSA) is 103 Å². The first-order valence-corrected chi connectivity index (χ1v) is 12.1. The van der Waals surface area contributed by atoms with E-state index in [9.17, 15) is 9.59 Å². The van der Waals surface area contributed by atoms with Crippen molar-refractivity contribution in [1.29, 1.82) is 0 Å². The maximum atomic E-state index is 12.5. The van der Waals surface area contributed by atoms with Gasteiger partial charge in [-0.05, 0) is 63.9 Å². The van der Waals surface area contributed by atoms with Crippen molar-refractivity contribution in [3.05, 3.63) is 82.9 Å². The quantitative estimate of drug-likeness (QED) is 0.335. The summed E-state index contributed by atoms with van der Waals surface area (Å²) in [5, 5.41) is 13.0. The zero-order chi connectivity index (χ0) is 26.1. The Bertz CT molecular complexity index is 1630. The van der Waals surface area contributed by atoms with Gasteiger partial charge in [0.2, 0.25) is 0 Å². The van der Waals surface area contributed by atoms with E-state index in [0.717, 1.165) is 44.9 Å². The van der Waals surface area contributed by atoms with Gasteiger partial charge in [-0.25, -0.2) is 14.2 Å². The van der Waals surface area contributed by atoms with E-state index in [4.69, 9.17) is 9.72 Å². The Morgan fingerprint density at radius 2 is 1.62 bits per heavy atom. The lowest BCUT2D eigenvalue weighted by molar-refractivity contribution is -0.147. The van der Waals surface area contributed by atoms with Crippen LogP contribution in [0.5, 0.6) is 0 Å². The summed E-state index contributed by atoms with van der Waals surface area (Å²) in [6.07, 6.45) is 0.576. The van der Waals surface area contributed by atoms with Crippen molar-refractivity contribution >= 4 is 34.1 Å². The molecule has 37 heavy (non-hydrogen) atoms. The van der Waals surface area contributed by atoms with Gasteiger partial charge in [0, 0.05) is 23.2 Å². The van der Waals surface area contributed by atoms with Crippen LogP contribution in [0.25, 0.3) is 22.2 Å². The third-order valence-corrected chi connectivity index (χ3v) is 6.52. The smallest absolute Gasteiger partial charge is 0.306 e. The SMILES string of the molecule is Cc1nc2c3ccccc3nn2c(C)c1CCC(=O)OCC(=O)Nc1c(C)nn(-c2ccccc2)c1C. The zero-order valence-corrected chi connectivity index (χ0v) is 21.3. The maximum Gasteiger partial charge on any atom is 0.306 e. The average Bonchev–Trinajstić information content (AvgIpc) is 3.40. The van der Waals surface area contributed by atoms with Crippen LogP contribution in [0.15, 0.2) is 54.6 Å². The minimum atomic E-state index is -0.451. The number of amides is 1. The van der Waals surface area contributed by atoms with Gasteiger partial charge in [0.25, 0.3) is 5.91 Å². The predicted octanol–water partition coefficient (Wildman–Crippen LogP) is 4.42. The van der Waals surface area contributed by atoms with Gasteiger partial charge in [-0.1, -0.05) is 30.3 Å². The molecule has 2 aromatic carbocycles. The van der Waals surface area contributed by atoms with Crippen LogP contribution in [0.1, 0.15) is 34.8 Å². The van der Waals surface area contributed by atoms with Crippen LogP contribution in [-0.2, 0) is 20.7 Å². The van der Waals surface area contributed by atoms with Gasteiger partial charge in [-0.2, -0.15) is 10.2 Å². The molecule has 0 saturated carbocycles. The molecule has 3 heterocycles. The molecular formula is C28H28N6O3. The van der Waals surface area contributed by atoms with Gasteiger partial charge in [0.1, 0.15) is 0 Å². The largest absolute Gasteiger partial charge is 0.456 e. The number of esters is 1. The Morgan fingerprint density at radius 1 is 0.892 bits per heavy atom. The molecule has 1 N–H and O–H groups in total. The third-order valence-electron chi connectivity index (χ3n) is 6.52. The normalized spacial score (nSPS) is 11.2. The van der Waals surface area contributed by atoms with Crippen LogP contribution in [0.2, 0.25) is 0 Å². The molecule has 5 aromatic rings. The number of carbonyl (C=O) groups is 2. The van der Waals surface area contributed by atoms with Crippen LogP contribution in [0, 0.1) is 27.7 Å². The predicted molar refractivity (Wildman–Crippen MR) is 141 cm³/mol. The fraction of sp³-hybridized carbons (Fsp3) is 0.250. The van der Waals surface area contributed by atoms with Gasteiger partial charge in [0.05, 0.1) is 28.3 Å². The van der Waals surface area contributed by atoms with Crippen LogP contribution >= 0.6 is 0 Å². The lowest BCUT2D eigenvalue weighted by Gasteiger charge is -2.11. The molecule has 0 atom stereocenters. The second-order valence-corrected chi connectivity index (χ2v) is 9.02. The molecule has 0 aliphatic heterocycles. The van der Waals surface area contributed by atoms with Crippen LogP contribution in [-0.4, -0.2) is 42.9 Å². The molecule has 0 unspecified atom stereocenters. The minimum Gasteiger partial charge on any atom is -0.456 e. The van der Waals surface area contributed by atoms with Gasteiger partial charge >= 0.3 is 5.97 Å². The number of rotatable bonds is 7. The second-order valence-electron chi connectivity index (χ2n) is 9.02. The molecule has 188 valence electrons. The van der Waals surface area contributed by atoms with Gasteiger partial charge < -0.3 is 10.1 Å². The van der Waals surface area contributed by atoms with Crippen LogP contribution in [0.4, 0.5) is 5.69 Å². The average molecular weight is 497 g/mol. The summed E-state index contributed by atoms with van der Waals surface area (Å²) in [7, 11) is 0. The summed E-state index contributed by atoms with van der Waals surface area (Å²) in [5.41, 5.74) is 7.40. The van der Waals surface area contributed by atoms with Gasteiger partial charge in [0.15, 0.2) is 12.3 Å². The monoisotopic (exact) mass is 496 g/mol. The van der Waals surface area contributed by atoms with E-state index >= 15 is 0 Å². The highest BCUT2D eigenvalue weighted by molar-refractivity contribution is 5.94. The van der Waals surface area contributed by atoms with E-state index in [1.807, 2.05) is 86.8 Å². The summed E-state index contributed by atoms with van der Waals surface area (Å²) in [6.45, 7) is 7.25. The fourth-order valence-electron chi connectivity index (χ4n) is 4.60. The standard InChI is InChI=1S/C28H28N6O3/c1-17-22(19(3)34-28(29-17)23-12-8-9-13-24(23)32-34)14-15-26(36)37-16-25(35)30-27-18(2)31-33(20(27)4)21-10-6-5-7-11-21/h5-13H,14-16H2,1-4H3,(H,30,35). The number of carbonyl (C=O) groups excluding carboxylic acids is 2. The molecule has 3 aromatic heterocycles. The highest BCUT2D eigenvalue weighted by Crippen LogP contribution is 2.24. The first kappa shape index (κ1) is 24.2. The Kier molecular flexibility index (Phi) is 6.43. The van der Waals surface area contributed by atoms with Crippen molar-refractivity contribution in [2.75, 3.05) is 11.9 Å². The first-order valence-electron chi connectivity index (χ1n) is 12.1. The highest BCUT2D eigenvalue weighted by Gasteiger charge is 2.18. The number of aromatic nitrogens is 5. The molecule has 9 nitrogen and oxygen atoms in total. The molecule has 5 rings (SSSR count). The summed E-state index contributed by atoms with van der Waals surface area (Å²) in [6, 6.07) is 17.5. The van der Waals surface area contributed by atoms with Crippen LogP contribution < -0.4 is 5.32 Å². The fourth-order valence-corrected chi connectivity index (χ4v) is 4.60. The second kappa shape index (κ2) is 9.85. The molecule has 0 spiro atoms. The summed E-state index contributed by atoms with van der Waals surface area (Å²) in [4.78, 5) is 29.7. The number of hydrogen-bond donors (Lipinski definition) is 1. The Balaban J connectivity index is 1.21. The van der Waals surface area contributed by atoms with E-state index < -0.39 is 11.9 Å². The van der Waals surface area contributed by atoms with Crippen molar-refractivity contribution in [3.8, 4) is 5.69 Å². The van der Waals surface area contributed by atoms with Crippen molar-refractivity contribution < 1.29 is 14.3 Å². The lowest BCUT2D eigenvalue weighted by Crippen LogP contribution is -2.22. The van der Waals surface area contributed by atoms with Gasteiger partial charge in [-0.15, -0.1) is 0 Å². The van der Waals surface area contributed by atoms with E-state index in [1.165, 1.54) is 0 Å². The summed E-state index contributed by atoms with van der Waals surface area (Å²) in [5.74, 6) is -0.862. The minimum absolute atomic E-state index is 0.132.